The van der Waals surface area contributed by atoms with Gasteiger partial charge in [0.15, 0.2) is 17.3 Å². The van der Waals surface area contributed by atoms with Crippen LogP contribution in [0.5, 0.6) is 11.5 Å². The zero-order valence-corrected chi connectivity index (χ0v) is 23.7. The predicted octanol–water partition coefficient (Wildman–Crippen LogP) is 3.48. The number of carbonyl (C=O) groups is 1. The maximum Gasteiger partial charge on any atom is 0.280 e. The number of hydrogen-bond donors (Lipinski definition) is 0. The van der Waals surface area contributed by atoms with Crippen LogP contribution in [-0.2, 0) is 17.5 Å². The van der Waals surface area contributed by atoms with Crippen LogP contribution in [0.15, 0.2) is 23.0 Å². The monoisotopic (exact) mass is 559 g/mol. The summed E-state index contributed by atoms with van der Waals surface area (Å²) in [6, 6.07) is 3.96. The number of fused-ring (bicyclic) bond motifs is 7. The quantitative estimate of drug-likeness (QED) is 0.477. The third-order valence-electron chi connectivity index (χ3n) is 7.40. The lowest BCUT2D eigenvalue weighted by molar-refractivity contribution is 0.0615. The third-order valence-corrected chi connectivity index (χ3v) is 8.82. The average molecular weight is 560 g/mol. The molecule has 10 nitrogen and oxygen atoms in total. The zero-order chi connectivity index (χ0) is 28.0. The SMILES string of the molecule is COc1c2n(c3c4nn(c(=O)c13)Cc1ccc(F)cc1OCCCCCS(=O)N4C)C(C)CN(C(C)C)C2=O. The molecule has 12 heteroatoms. The van der Waals surface area contributed by atoms with Crippen LogP contribution in [0, 0.1) is 5.82 Å². The number of amides is 1. The van der Waals surface area contributed by atoms with E-state index < -0.39 is 22.4 Å². The van der Waals surface area contributed by atoms with Gasteiger partial charge < -0.3 is 18.9 Å². The lowest BCUT2D eigenvalue weighted by Gasteiger charge is -2.36. The fourth-order valence-corrected chi connectivity index (χ4v) is 6.43. The summed E-state index contributed by atoms with van der Waals surface area (Å²) in [6.45, 7) is 6.68. The Balaban J connectivity index is 1.82. The third kappa shape index (κ3) is 4.68. The van der Waals surface area contributed by atoms with Crippen LogP contribution in [0.25, 0.3) is 10.9 Å². The second-order valence-corrected chi connectivity index (χ2v) is 11.9. The molecule has 2 aliphatic rings. The van der Waals surface area contributed by atoms with Crippen molar-refractivity contribution < 1.29 is 22.9 Å². The number of halogens is 1. The number of hydrogen-bond acceptors (Lipinski definition) is 6. The first-order valence-electron chi connectivity index (χ1n) is 13.2. The summed E-state index contributed by atoms with van der Waals surface area (Å²) in [7, 11) is 1.69. The number of ether oxygens (including phenoxy) is 2. The first-order valence-corrected chi connectivity index (χ1v) is 14.5. The van der Waals surface area contributed by atoms with E-state index in [9.17, 15) is 18.2 Å². The molecule has 0 aliphatic carbocycles. The molecule has 3 aromatic rings. The molecule has 2 aliphatic heterocycles. The molecule has 210 valence electrons. The number of benzene rings is 1. The Labute approximate surface area is 228 Å². The van der Waals surface area contributed by atoms with Crippen molar-refractivity contribution in [3.8, 4) is 11.5 Å². The predicted molar refractivity (Wildman–Crippen MR) is 148 cm³/mol. The van der Waals surface area contributed by atoms with Crippen molar-refractivity contribution in [2.45, 2.75) is 58.7 Å². The molecule has 4 heterocycles. The number of carbonyl (C=O) groups excluding carboxylic acids is 1. The highest BCUT2D eigenvalue weighted by molar-refractivity contribution is 7.86. The van der Waals surface area contributed by atoms with Gasteiger partial charge in [-0.3, -0.25) is 13.9 Å². The highest BCUT2D eigenvalue weighted by atomic mass is 32.2. The van der Waals surface area contributed by atoms with Crippen LogP contribution in [0.4, 0.5) is 10.2 Å². The fourth-order valence-electron chi connectivity index (χ4n) is 5.39. The summed E-state index contributed by atoms with van der Waals surface area (Å²) in [4.78, 5) is 29.5. The Kier molecular flexibility index (Phi) is 7.41. The van der Waals surface area contributed by atoms with Crippen LogP contribution >= 0.6 is 0 Å². The summed E-state index contributed by atoms with van der Waals surface area (Å²) >= 11 is 0. The number of methoxy groups -OCH3 is 1. The molecule has 0 spiro atoms. The molecule has 0 radical (unpaired) electrons. The first-order chi connectivity index (χ1) is 18.6. The Morgan fingerprint density at radius 1 is 1.21 bits per heavy atom. The van der Waals surface area contributed by atoms with Gasteiger partial charge in [-0.2, -0.15) is 0 Å². The van der Waals surface area contributed by atoms with Gasteiger partial charge in [0.2, 0.25) is 0 Å². The maximum absolute atomic E-state index is 14.1. The zero-order valence-electron chi connectivity index (χ0n) is 22.9. The van der Waals surface area contributed by atoms with E-state index >= 15 is 0 Å². The van der Waals surface area contributed by atoms with E-state index in [-0.39, 0.29) is 41.4 Å². The van der Waals surface area contributed by atoms with Gasteiger partial charge in [0, 0.05) is 43.1 Å². The molecular weight excluding hydrogens is 525 g/mol. The molecule has 0 saturated carbocycles. The molecule has 2 bridgehead atoms. The van der Waals surface area contributed by atoms with E-state index in [1.54, 1.807) is 22.3 Å². The Bertz CT molecular complexity index is 1520. The largest absolute Gasteiger partial charge is 0.493 e. The van der Waals surface area contributed by atoms with Crippen molar-refractivity contribution in [3.05, 3.63) is 45.6 Å². The minimum Gasteiger partial charge on any atom is -0.493 e. The van der Waals surface area contributed by atoms with Gasteiger partial charge in [-0.05, 0) is 46.1 Å². The van der Waals surface area contributed by atoms with Crippen LogP contribution < -0.4 is 19.3 Å². The maximum atomic E-state index is 14.1. The molecule has 0 saturated heterocycles. The van der Waals surface area contributed by atoms with Gasteiger partial charge in [0.25, 0.3) is 11.5 Å². The Morgan fingerprint density at radius 3 is 2.69 bits per heavy atom. The fraction of sp³-hybridized carbons (Fsp3) is 0.519. The van der Waals surface area contributed by atoms with Gasteiger partial charge >= 0.3 is 0 Å². The highest BCUT2D eigenvalue weighted by Gasteiger charge is 2.39. The van der Waals surface area contributed by atoms with E-state index in [0.29, 0.717) is 48.0 Å². The van der Waals surface area contributed by atoms with Crippen LogP contribution in [0.3, 0.4) is 0 Å². The first kappa shape index (κ1) is 27.2. The van der Waals surface area contributed by atoms with Gasteiger partial charge in [-0.15, -0.1) is 5.10 Å². The minimum atomic E-state index is -1.44. The molecule has 0 fully saturated rings. The standard InChI is InChI=1S/C27H34FN5O5S/c1-16(2)31-14-17(3)33-22-21(24(37-5)23(33)27(31)35)26(34)32-15-18-9-10-19(28)13-20(18)38-11-7-6-8-12-39(36)30(4)25(22)29-32/h9-10,13,16-17H,6-8,11-12,14-15H2,1-5H3. The van der Waals surface area contributed by atoms with E-state index in [0.717, 1.165) is 12.8 Å². The van der Waals surface area contributed by atoms with Gasteiger partial charge in [-0.25, -0.2) is 13.3 Å². The van der Waals surface area contributed by atoms with Crippen LogP contribution in [0.2, 0.25) is 0 Å². The van der Waals surface area contributed by atoms with Crippen LogP contribution in [0.1, 0.15) is 62.1 Å². The molecule has 39 heavy (non-hydrogen) atoms. The van der Waals surface area contributed by atoms with Gasteiger partial charge in [0.1, 0.15) is 33.5 Å². The molecule has 2 aromatic heterocycles. The van der Waals surface area contributed by atoms with Crippen molar-refractivity contribution in [1.29, 1.82) is 0 Å². The molecule has 0 N–H and O–H groups in total. The second-order valence-electron chi connectivity index (χ2n) is 10.3. The number of rotatable bonds is 2. The van der Waals surface area contributed by atoms with Crippen molar-refractivity contribution in [2.75, 3.05) is 37.4 Å². The number of aromatic nitrogens is 3. The Hall–Kier alpha value is -3.41. The van der Waals surface area contributed by atoms with E-state index in [2.05, 4.69) is 0 Å². The van der Waals surface area contributed by atoms with Crippen molar-refractivity contribution >= 4 is 33.6 Å². The van der Waals surface area contributed by atoms with Gasteiger partial charge in [-0.1, -0.05) is 6.07 Å². The summed E-state index contributed by atoms with van der Waals surface area (Å²) in [5.41, 5.74) is 0.812. The molecule has 1 aromatic carbocycles. The van der Waals surface area contributed by atoms with E-state index in [4.69, 9.17) is 14.6 Å². The smallest absolute Gasteiger partial charge is 0.280 e. The van der Waals surface area contributed by atoms with Crippen molar-refractivity contribution in [1.82, 2.24) is 19.2 Å². The number of nitrogens with zero attached hydrogens (tertiary/aromatic N) is 5. The van der Waals surface area contributed by atoms with Gasteiger partial charge in [0.05, 0.1) is 20.3 Å². The van der Waals surface area contributed by atoms with Crippen molar-refractivity contribution in [3.63, 3.8) is 0 Å². The topological polar surface area (TPSA) is 98.9 Å². The highest BCUT2D eigenvalue weighted by Crippen LogP contribution is 2.41. The summed E-state index contributed by atoms with van der Waals surface area (Å²) in [5.74, 6) is 0.545. The Morgan fingerprint density at radius 2 is 1.97 bits per heavy atom. The molecular formula is C27H34FN5O5S. The van der Waals surface area contributed by atoms with Crippen molar-refractivity contribution in [2.24, 2.45) is 0 Å². The summed E-state index contributed by atoms with van der Waals surface area (Å²) in [5, 5.41) is 4.89. The molecule has 1 amide bonds. The molecule has 5 rings (SSSR count). The lowest BCUT2D eigenvalue weighted by atomic mass is 10.1. The number of anilines is 1. The molecule has 2 unspecified atom stereocenters. The molecule has 2 atom stereocenters. The minimum absolute atomic E-state index is 0.0108. The van der Waals surface area contributed by atoms with E-state index in [1.807, 2.05) is 25.3 Å². The second kappa shape index (κ2) is 10.6. The average Bonchev–Trinajstić information content (AvgIpc) is 3.26. The normalized spacial score (nSPS) is 20.4. The van der Waals surface area contributed by atoms with Crippen LogP contribution in [-0.4, -0.2) is 68.5 Å². The summed E-state index contributed by atoms with van der Waals surface area (Å²) in [6.07, 6.45) is 2.20. The lowest BCUT2D eigenvalue weighted by Crippen LogP contribution is -2.45. The summed E-state index contributed by atoms with van der Waals surface area (Å²) < 4.78 is 43.8. The van der Waals surface area contributed by atoms with E-state index in [1.165, 1.54) is 23.9 Å².